The first-order valence-corrected chi connectivity index (χ1v) is 9.44. The molecule has 3 aromatic carbocycles. The number of carbonyl (C=O) groups excluding carboxylic acids is 2. The second-order valence-corrected chi connectivity index (χ2v) is 7.41. The van der Waals surface area contributed by atoms with Crippen molar-refractivity contribution in [2.75, 3.05) is 5.32 Å². The van der Waals surface area contributed by atoms with Crippen LogP contribution in [0.2, 0.25) is 0 Å². The predicted molar refractivity (Wildman–Crippen MR) is 114 cm³/mol. The van der Waals surface area contributed by atoms with Gasteiger partial charge in [-0.3, -0.25) is 15.0 Å². The molecule has 1 aliphatic rings. The third-order valence-electron chi connectivity index (χ3n) is 4.82. The van der Waals surface area contributed by atoms with E-state index in [4.69, 9.17) is 12.2 Å². The van der Waals surface area contributed by atoms with E-state index in [1.54, 1.807) is 24.3 Å². The lowest BCUT2D eigenvalue weighted by molar-refractivity contribution is 0.0568. The van der Waals surface area contributed by atoms with Gasteiger partial charge in [0.2, 0.25) is 0 Å². The molecule has 0 unspecified atom stereocenters. The van der Waals surface area contributed by atoms with Crippen LogP contribution in [-0.4, -0.2) is 21.9 Å². The second kappa shape index (κ2) is 7.05. The van der Waals surface area contributed by atoms with Crippen LogP contribution in [0.4, 0.5) is 5.69 Å². The smallest absolute Gasteiger partial charge is 0.280 e. The average Bonchev–Trinajstić information content (AvgIpc) is 2.69. The van der Waals surface area contributed by atoms with Crippen molar-refractivity contribution in [2.24, 2.45) is 0 Å². The molecule has 140 valence electrons. The van der Waals surface area contributed by atoms with Gasteiger partial charge in [0.15, 0.2) is 5.11 Å². The lowest BCUT2D eigenvalue weighted by Gasteiger charge is -2.28. The van der Waals surface area contributed by atoms with Gasteiger partial charge in [0, 0.05) is 11.1 Å². The van der Waals surface area contributed by atoms with Gasteiger partial charge in [-0.25, -0.2) is 0 Å². The van der Waals surface area contributed by atoms with E-state index >= 15 is 0 Å². The van der Waals surface area contributed by atoms with Crippen LogP contribution in [0.5, 0.6) is 0 Å². The number of hydrogen-bond acceptors (Lipinski definition) is 3. The van der Waals surface area contributed by atoms with Crippen LogP contribution >= 0.6 is 12.2 Å². The Morgan fingerprint density at radius 1 is 0.893 bits per heavy atom. The van der Waals surface area contributed by atoms with Gasteiger partial charge in [-0.1, -0.05) is 50.2 Å². The summed E-state index contributed by atoms with van der Waals surface area (Å²) in [6, 6.07) is 18.7. The molecule has 4 rings (SSSR count). The Kier molecular flexibility index (Phi) is 4.57. The van der Waals surface area contributed by atoms with E-state index in [1.807, 2.05) is 36.4 Å². The first-order chi connectivity index (χ1) is 13.5. The summed E-state index contributed by atoms with van der Waals surface area (Å²) in [5.41, 5.74) is 5.69. The fraction of sp³-hybridized carbons (Fsp3) is 0.136. The number of hydrazine groups is 1. The van der Waals surface area contributed by atoms with Crippen molar-refractivity contribution >= 4 is 45.6 Å². The van der Waals surface area contributed by atoms with Gasteiger partial charge in [0.05, 0.1) is 11.1 Å². The monoisotopic (exact) mass is 389 g/mol. The highest BCUT2D eigenvalue weighted by atomic mass is 32.1. The van der Waals surface area contributed by atoms with Crippen LogP contribution < -0.4 is 10.7 Å². The van der Waals surface area contributed by atoms with Crippen LogP contribution in [0, 0.1) is 0 Å². The molecule has 2 N–H and O–H groups in total. The highest BCUT2D eigenvalue weighted by molar-refractivity contribution is 7.80. The minimum atomic E-state index is -0.423. The largest absolute Gasteiger partial charge is 0.331 e. The lowest BCUT2D eigenvalue weighted by Crippen LogP contribution is -2.52. The van der Waals surface area contributed by atoms with Crippen molar-refractivity contribution in [3.8, 4) is 0 Å². The molecule has 0 radical (unpaired) electrons. The van der Waals surface area contributed by atoms with E-state index in [1.165, 1.54) is 5.56 Å². The summed E-state index contributed by atoms with van der Waals surface area (Å²) in [6.45, 7) is 4.25. The molecule has 0 saturated heterocycles. The average molecular weight is 389 g/mol. The maximum absolute atomic E-state index is 12.9. The summed E-state index contributed by atoms with van der Waals surface area (Å²) < 4.78 is 0. The van der Waals surface area contributed by atoms with Gasteiger partial charge in [-0.15, -0.1) is 0 Å². The van der Waals surface area contributed by atoms with Gasteiger partial charge in [0.1, 0.15) is 0 Å². The van der Waals surface area contributed by atoms with Crippen LogP contribution in [-0.2, 0) is 0 Å². The van der Waals surface area contributed by atoms with Crippen LogP contribution in [0.1, 0.15) is 46.0 Å². The SMILES string of the molecule is CC(C)c1ccc(NC(=S)NN2C(=O)c3cccc4cccc(c34)C2=O)cc1. The molecule has 1 heterocycles. The Bertz CT molecular complexity index is 1060. The number of benzene rings is 3. The number of rotatable bonds is 3. The van der Waals surface area contributed by atoms with Gasteiger partial charge in [0.25, 0.3) is 11.8 Å². The van der Waals surface area contributed by atoms with Crippen molar-refractivity contribution in [1.82, 2.24) is 10.4 Å². The van der Waals surface area contributed by atoms with Crippen molar-refractivity contribution in [2.45, 2.75) is 19.8 Å². The summed E-state index contributed by atoms with van der Waals surface area (Å²) >= 11 is 5.32. The Labute approximate surface area is 168 Å². The number of carbonyl (C=O) groups is 2. The summed E-state index contributed by atoms with van der Waals surface area (Å²) in [7, 11) is 0. The van der Waals surface area contributed by atoms with E-state index in [2.05, 4.69) is 24.6 Å². The van der Waals surface area contributed by atoms with Crippen LogP contribution in [0.25, 0.3) is 10.8 Å². The van der Waals surface area contributed by atoms with E-state index in [0.29, 0.717) is 22.4 Å². The number of amides is 2. The van der Waals surface area contributed by atoms with E-state index in [-0.39, 0.29) is 5.11 Å². The molecule has 0 spiro atoms. The predicted octanol–water partition coefficient (Wildman–Crippen LogP) is 4.46. The first-order valence-electron chi connectivity index (χ1n) is 9.04. The number of anilines is 1. The zero-order valence-electron chi connectivity index (χ0n) is 15.5. The summed E-state index contributed by atoms with van der Waals surface area (Å²) in [5.74, 6) is -0.410. The zero-order valence-corrected chi connectivity index (χ0v) is 16.3. The molecule has 1 aliphatic heterocycles. The summed E-state index contributed by atoms with van der Waals surface area (Å²) in [4.78, 5) is 25.8. The molecule has 0 fully saturated rings. The van der Waals surface area contributed by atoms with E-state index in [0.717, 1.165) is 16.1 Å². The standard InChI is InChI=1S/C22H19N3O2S/c1-13(2)14-9-11-16(12-10-14)23-22(28)24-25-20(26)17-7-3-5-15-6-4-8-18(19(15)17)21(25)27/h3-13H,1-2H3,(H2,23,24,28). The lowest BCUT2D eigenvalue weighted by atomic mass is 9.95. The van der Waals surface area contributed by atoms with E-state index < -0.39 is 11.8 Å². The molecule has 3 aromatic rings. The van der Waals surface area contributed by atoms with Gasteiger partial charge < -0.3 is 5.32 Å². The molecular formula is C22H19N3O2S. The Hall–Kier alpha value is -3.25. The molecular weight excluding hydrogens is 370 g/mol. The molecule has 0 atom stereocenters. The van der Waals surface area contributed by atoms with Gasteiger partial charge >= 0.3 is 0 Å². The van der Waals surface area contributed by atoms with Crippen LogP contribution in [0.3, 0.4) is 0 Å². The van der Waals surface area contributed by atoms with Crippen molar-refractivity contribution in [3.05, 3.63) is 77.4 Å². The quantitative estimate of drug-likeness (QED) is 0.512. The second-order valence-electron chi connectivity index (χ2n) is 7.00. The molecule has 6 heteroatoms. The minimum Gasteiger partial charge on any atom is -0.331 e. The molecule has 0 bridgehead atoms. The highest BCUT2D eigenvalue weighted by Crippen LogP contribution is 2.29. The highest BCUT2D eigenvalue weighted by Gasteiger charge is 2.33. The zero-order chi connectivity index (χ0) is 19.8. The molecule has 28 heavy (non-hydrogen) atoms. The topological polar surface area (TPSA) is 61.4 Å². The molecule has 0 saturated carbocycles. The number of imide groups is 1. The number of nitrogens with one attached hydrogen (secondary N) is 2. The minimum absolute atomic E-state index is 0.172. The van der Waals surface area contributed by atoms with Crippen LogP contribution in [0.15, 0.2) is 60.7 Å². The number of hydrogen-bond donors (Lipinski definition) is 2. The van der Waals surface area contributed by atoms with E-state index in [9.17, 15) is 9.59 Å². The molecule has 0 aromatic heterocycles. The summed E-state index contributed by atoms with van der Waals surface area (Å²) in [6.07, 6.45) is 0. The normalized spacial score (nSPS) is 13.2. The fourth-order valence-electron chi connectivity index (χ4n) is 3.34. The van der Waals surface area contributed by atoms with Crippen molar-refractivity contribution in [1.29, 1.82) is 0 Å². The third-order valence-corrected chi connectivity index (χ3v) is 5.01. The third kappa shape index (κ3) is 3.12. The van der Waals surface area contributed by atoms with Gasteiger partial charge in [-0.05, 0) is 53.4 Å². The summed E-state index contributed by atoms with van der Waals surface area (Å²) in [5, 5.41) is 5.70. The molecule has 0 aliphatic carbocycles. The Morgan fingerprint density at radius 3 is 2.00 bits per heavy atom. The Morgan fingerprint density at radius 2 is 1.46 bits per heavy atom. The molecule has 2 amide bonds. The number of nitrogens with zero attached hydrogens (tertiary/aromatic N) is 1. The first kappa shape index (κ1) is 18.1. The maximum atomic E-state index is 12.9. The maximum Gasteiger partial charge on any atom is 0.280 e. The fourth-order valence-corrected chi connectivity index (χ4v) is 3.55. The number of thiocarbonyl (C=S) groups is 1. The van der Waals surface area contributed by atoms with Crippen molar-refractivity contribution in [3.63, 3.8) is 0 Å². The molecule has 5 nitrogen and oxygen atoms in total. The van der Waals surface area contributed by atoms with Crippen molar-refractivity contribution < 1.29 is 9.59 Å². The van der Waals surface area contributed by atoms with Gasteiger partial charge in [-0.2, -0.15) is 5.01 Å². The Balaban J connectivity index is 1.56.